The maximum atomic E-state index is 12.9. The van der Waals surface area contributed by atoms with E-state index < -0.39 is 12.4 Å². The van der Waals surface area contributed by atoms with Crippen LogP contribution in [0.25, 0.3) is 11.1 Å². The highest BCUT2D eigenvalue weighted by atomic mass is 16.6. The van der Waals surface area contributed by atoms with Crippen molar-refractivity contribution in [1.29, 1.82) is 0 Å². The third-order valence-electron chi connectivity index (χ3n) is 6.82. The SMILES string of the molecule is CCCCC[C@@H](O)/C=C/[C@@H]1[C@@H]2C[C@H](O)O[C@@H]2C[C@@H]1OC(=O)c1ccc(-c2ccccc2)cc1. The highest BCUT2D eigenvalue weighted by Crippen LogP contribution is 2.45. The quantitative estimate of drug-likeness (QED) is 0.315. The Morgan fingerprint density at radius 3 is 2.55 bits per heavy atom. The van der Waals surface area contributed by atoms with E-state index in [0.717, 1.165) is 36.8 Å². The fourth-order valence-corrected chi connectivity index (χ4v) is 5.02. The van der Waals surface area contributed by atoms with E-state index in [1.165, 1.54) is 0 Å². The molecule has 5 heteroatoms. The van der Waals surface area contributed by atoms with E-state index in [4.69, 9.17) is 9.47 Å². The van der Waals surface area contributed by atoms with E-state index >= 15 is 0 Å². The van der Waals surface area contributed by atoms with Gasteiger partial charge in [-0.3, -0.25) is 0 Å². The first kappa shape index (κ1) is 23.7. The molecule has 2 fully saturated rings. The molecule has 5 nitrogen and oxygen atoms in total. The van der Waals surface area contributed by atoms with Gasteiger partial charge in [-0.25, -0.2) is 4.79 Å². The van der Waals surface area contributed by atoms with Crippen molar-refractivity contribution in [2.45, 2.75) is 70.1 Å². The molecule has 2 N–H and O–H groups in total. The molecule has 1 saturated carbocycles. The molecule has 2 aromatic rings. The van der Waals surface area contributed by atoms with Crippen molar-refractivity contribution in [2.75, 3.05) is 0 Å². The lowest BCUT2D eigenvalue weighted by atomic mass is 9.91. The van der Waals surface area contributed by atoms with Crippen LogP contribution in [0.1, 0.15) is 55.8 Å². The Hall–Kier alpha value is -2.47. The first-order valence-electron chi connectivity index (χ1n) is 12.1. The molecule has 33 heavy (non-hydrogen) atoms. The van der Waals surface area contributed by atoms with Crippen LogP contribution in [-0.4, -0.2) is 40.8 Å². The topological polar surface area (TPSA) is 76.0 Å². The van der Waals surface area contributed by atoms with Crippen LogP contribution >= 0.6 is 0 Å². The smallest absolute Gasteiger partial charge is 0.338 e. The van der Waals surface area contributed by atoms with Gasteiger partial charge in [0.05, 0.1) is 17.8 Å². The lowest BCUT2D eigenvalue weighted by molar-refractivity contribution is -0.0955. The summed E-state index contributed by atoms with van der Waals surface area (Å²) in [7, 11) is 0. The molecular weight excluding hydrogens is 416 g/mol. The van der Waals surface area contributed by atoms with Crippen molar-refractivity contribution in [2.24, 2.45) is 11.8 Å². The molecular formula is C28H34O5. The van der Waals surface area contributed by atoms with Gasteiger partial charge in [0.2, 0.25) is 0 Å². The zero-order valence-corrected chi connectivity index (χ0v) is 19.2. The maximum absolute atomic E-state index is 12.9. The highest BCUT2D eigenvalue weighted by molar-refractivity contribution is 5.90. The molecule has 0 spiro atoms. The van der Waals surface area contributed by atoms with Crippen LogP contribution in [0.4, 0.5) is 0 Å². The van der Waals surface area contributed by atoms with Crippen molar-refractivity contribution in [3.8, 4) is 11.1 Å². The summed E-state index contributed by atoms with van der Waals surface area (Å²) < 4.78 is 11.6. The molecule has 4 rings (SSSR count). The van der Waals surface area contributed by atoms with Crippen LogP contribution in [-0.2, 0) is 9.47 Å². The van der Waals surface area contributed by atoms with Gasteiger partial charge >= 0.3 is 5.97 Å². The van der Waals surface area contributed by atoms with Crippen LogP contribution in [0.15, 0.2) is 66.7 Å². The summed E-state index contributed by atoms with van der Waals surface area (Å²) >= 11 is 0. The molecule has 1 saturated heterocycles. The maximum Gasteiger partial charge on any atom is 0.338 e. The Morgan fingerprint density at radius 2 is 1.82 bits per heavy atom. The fraction of sp³-hybridized carbons (Fsp3) is 0.464. The van der Waals surface area contributed by atoms with Crippen LogP contribution < -0.4 is 0 Å². The minimum atomic E-state index is -0.771. The third kappa shape index (κ3) is 5.91. The van der Waals surface area contributed by atoms with Crippen molar-refractivity contribution in [3.05, 3.63) is 72.3 Å². The predicted octanol–water partition coefficient (Wildman–Crippen LogP) is 5.12. The summed E-state index contributed by atoms with van der Waals surface area (Å²) in [6.07, 6.45) is 7.03. The number of fused-ring (bicyclic) bond motifs is 1. The van der Waals surface area contributed by atoms with Crippen molar-refractivity contribution in [1.82, 2.24) is 0 Å². The van der Waals surface area contributed by atoms with Gasteiger partial charge in [-0.05, 0) is 35.6 Å². The lowest BCUT2D eigenvalue weighted by Gasteiger charge is -2.21. The minimum Gasteiger partial charge on any atom is -0.458 e. The summed E-state index contributed by atoms with van der Waals surface area (Å²) in [6.45, 7) is 2.14. The first-order chi connectivity index (χ1) is 16.0. The second kappa shape index (κ2) is 11.1. The fourth-order valence-electron chi connectivity index (χ4n) is 5.02. The van der Waals surface area contributed by atoms with Gasteiger partial charge in [0.15, 0.2) is 6.29 Å². The van der Waals surface area contributed by atoms with E-state index in [0.29, 0.717) is 18.4 Å². The summed E-state index contributed by atoms with van der Waals surface area (Å²) in [5, 5.41) is 20.3. The number of carbonyl (C=O) groups is 1. The molecule has 1 aliphatic carbocycles. The van der Waals surface area contributed by atoms with E-state index in [1.807, 2.05) is 54.6 Å². The van der Waals surface area contributed by atoms with Crippen LogP contribution in [0.3, 0.4) is 0 Å². The normalized spacial score (nSPS) is 27.5. The van der Waals surface area contributed by atoms with Crippen molar-refractivity contribution < 1.29 is 24.5 Å². The van der Waals surface area contributed by atoms with Crippen LogP contribution in [0.2, 0.25) is 0 Å². The van der Waals surface area contributed by atoms with Gasteiger partial charge in [0, 0.05) is 18.8 Å². The largest absolute Gasteiger partial charge is 0.458 e. The van der Waals surface area contributed by atoms with Crippen molar-refractivity contribution >= 4 is 5.97 Å². The predicted molar refractivity (Wildman–Crippen MR) is 127 cm³/mol. The molecule has 0 bridgehead atoms. The van der Waals surface area contributed by atoms with E-state index in [-0.39, 0.29) is 30.0 Å². The Bertz CT molecular complexity index is 923. The van der Waals surface area contributed by atoms with Crippen LogP contribution in [0, 0.1) is 11.8 Å². The number of rotatable bonds is 9. The number of unbranched alkanes of at least 4 members (excludes halogenated alkanes) is 2. The molecule has 1 aliphatic heterocycles. The van der Waals surface area contributed by atoms with Gasteiger partial charge < -0.3 is 19.7 Å². The number of esters is 1. The zero-order valence-electron chi connectivity index (χ0n) is 19.2. The third-order valence-corrected chi connectivity index (χ3v) is 6.82. The monoisotopic (exact) mass is 450 g/mol. The summed E-state index contributed by atoms with van der Waals surface area (Å²) in [5.74, 6) is -0.361. The van der Waals surface area contributed by atoms with E-state index in [2.05, 4.69) is 6.92 Å². The Balaban J connectivity index is 1.42. The molecule has 176 valence electrons. The number of carbonyl (C=O) groups excluding carboxylic acids is 1. The van der Waals surface area contributed by atoms with Gasteiger partial charge in [0.25, 0.3) is 0 Å². The molecule has 0 unspecified atom stereocenters. The number of ether oxygens (including phenoxy) is 2. The molecule has 0 radical (unpaired) electrons. The second-order valence-electron chi connectivity index (χ2n) is 9.18. The van der Waals surface area contributed by atoms with Crippen molar-refractivity contribution in [3.63, 3.8) is 0 Å². The highest BCUT2D eigenvalue weighted by Gasteiger charge is 2.50. The number of hydrogen-bond donors (Lipinski definition) is 2. The molecule has 6 atom stereocenters. The molecule has 1 heterocycles. The summed E-state index contributed by atoms with van der Waals surface area (Å²) in [4.78, 5) is 12.9. The van der Waals surface area contributed by atoms with Gasteiger partial charge in [-0.2, -0.15) is 0 Å². The molecule has 2 aromatic carbocycles. The molecule has 2 aliphatic rings. The number of aliphatic hydroxyl groups is 2. The molecule has 0 aromatic heterocycles. The summed E-state index contributed by atoms with van der Waals surface area (Å²) in [5.41, 5.74) is 2.65. The molecule has 0 amide bonds. The van der Waals surface area contributed by atoms with Gasteiger partial charge in [-0.15, -0.1) is 0 Å². The standard InChI is InChI=1S/C28H34O5/c1-2-3-5-10-22(29)15-16-23-24-17-27(30)32-26(24)18-25(23)33-28(31)21-13-11-20(12-14-21)19-8-6-4-7-9-19/h4,6-9,11-16,22-27,29-30H,2-3,5,10,17-18H2,1H3/b16-15+/t22-,23-,24+,25+,26-,27-/m1/s1. The number of benzene rings is 2. The zero-order chi connectivity index (χ0) is 23.2. The Morgan fingerprint density at radius 1 is 1.09 bits per heavy atom. The van der Waals surface area contributed by atoms with E-state index in [9.17, 15) is 15.0 Å². The first-order valence-corrected chi connectivity index (χ1v) is 12.1. The minimum absolute atomic E-state index is 0.0809. The summed E-state index contributed by atoms with van der Waals surface area (Å²) in [6, 6.07) is 17.5. The lowest BCUT2D eigenvalue weighted by Crippen LogP contribution is -2.25. The average molecular weight is 451 g/mol. The Labute approximate surface area is 196 Å². The number of aliphatic hydroxyl groups excluding tert-OH is 2. The van der Waals surface area contributed by atoms with Crippen LogP contribution in [0.5, 0.6) is 0 Å². The van der Waals surface area contributed by atoms with Gasteiger partial charge in [0.1, 0.15) is 6.10 Å². The second-order valence-corrected chi connectivity index (χ2v) is 9.18. The number of hydrogen-bond acceptors (Lipinski definition) is 5. The van der Waals surface area contributed by atoms with E-state index in [1.54, 1.807) is 12.1 Å². The Kier molecular flexibility index (Phi) is 7.97. The van der Waals surface area contributed by atoms with Gasteiger partial charge in [-0.1, -0.05) is 80.8 Å². The average Bonchev–Trinajstić information content (AvgIpc) is 3.33.